The smallest absolute Gasteiger partial charge is 0.330 e. The highest BCUT2D eigenvalue weighted by Gasteiger charge is 1.96. The second-order valence-corrected chi connectivity index (χ2v) is 2.17. The first-order valence-corrected chi connectivity index (χ1v) is 4.03. The maximum absolute atomic E-state index is 10.8. The van der Waals surface area contributed by atoms with E-state index in [1.807, 2.05) is 0 Å². The van der Waals surface area contributed by atoms with Crippen LogP contribution in [-0.4, -0.2) is 31.6 Å². The van der Waals surface area contributed by atoms with Crippen molar-refractivity contribution < 1.29 is 14.3 Å². The van der Waals surface area contributed by atoms with Gasteiger partial charge >= 0.3 is 5.97 Å². The Balaban J connectivity index is 3.69. The van der Waals surface area contributed by atoms with E-state index >= 15 is 0 Å². The van der Waals surface area contributed by atoms with Crippen LogP contribution in [0.25, 0.3) is 0 Å². The largest absolute Gasteiger partial charge is 0.463 e. The number of ether oxygens (including phenoxy) is 1. The summed E-state index contributed by atoms with van der Waals surface area (Å²) in [4.78, 5) is 21.6. The van der Waals surface area contributed by atoms with Crippen molar-refractivity contribution in [3.63, 3.8) is 0 Å². The van der Waals surface area contributed by atoms with E-state index in [-0.39, 0.29) is 5.91 Å². The number of nitrogens with two attached hydrogens (primary N) is 1. The predicted octanol–water partition coefficient (Wildman–Crippen LogP) is -0.819. The monoisotopic (exact) mass is 186 g/mol. The number of rotatable bonds is 5. The topological polar surface area (TPSA) is 81.4 Å². The molecule has 0 aromatic heterocycles. The van der Waals surface area contributed by atoms with Crippen LogP contribution in [0.4, 0.5) is 0 Å². The fourth-order valence-electron chi connectivity index (χ4n) is 0.588. The molecule has 0 unspecified atom stereocenters. The minimum absolute atomic E-state index is 0.299. The Bertz CT molecular complexity index is 202. The lowest BCUT2D eigenvalue weighted by Crippen LogP contribution is -2.27. The molecule has 5 heteroatoms. The van der Waals surface area contributed by atoms with Crippen LogP contribution in [0.5, 0.6) is 0 Å². The summed E-state index contributed by atoms with van der Waals surface area (Å²) in [7, 11) is 0. The van der Waals surface area contributed by atoms with Crippen LogP contribution in [-0.2, 0) is 14.3 Å². The Hall–Kier alpha value is -1.36. The quantitative estimate of drug-likeness (QED) is 0.434. The van der Waals surface area contributed by atoms with E-state index < -0.39 is 5.97 Å². The zero-order chi connectivity index (χ0) is 10.1. The van der Waals surface area contributed by atoms with Crippen LogP contribution in [0, 0.1) is 0 Å². The molecule has 0 radical (unpaired) electrons. The Morgan fingerprint density at radius 3 is 2.69 bits per heavy atom. The second-order valence-electron chi connectivity index (χ2n) is 2.17. The maximum atomic E-state index is 10.8. The van der Waals surface area contributed by atoms with Crippen molar-refractivity contribution in [2.45, 2.75) is 6.92 Å². The van der Waals surface area contributed by atoms with E-state index in [0.717, 1.165) is 12.2 Å². The van der Waals surface area contributed by atoms with Crippen molar-refractivity contribution in [2.24, 2.45) is 5.73 Å². The molecular formula is C8H14N2O3. The average Bonchev–Trinajstić information content (AvgIpc) is 2.12. The summed E-state index contributed by atoms with van der Waals surface area (Å²) in [6.45, 7) is 2.76. The normalized spacial score (nSPS) is 10.0. The lowest BCUT2D eigenvalue weighted by atomic mass is 10.4. The summed E-state index contributed by atoms with van der Waals surface area (Å²) in [6.07, 6.45) is 2.20. The molecule has 0 rings (SSSR count). The summed E-state index contributed by atoms with van der Waals surface area (Å²) in [5.74, 6) is -0.871. The Kier molecular flexibility index (Phi) is 6.53. The molecule has 0 bridgehead atoms. The van der Waals surface area contributed by atoms with Crippen molar-refractivity contribution in [3.8, 4) is 0 Å². The molecule has 0 heterocycles. The molecule has 0 aliphatic heterocycles. The van der Waals surface area contributed by atoms with Gasteiger partial charge in [-0.3, -0.25) is 4.79 Å². The molecule has 5 nitrogen and oxygen atoms in total. The summed E-state index contributed by atoms with van der Waals surface area (Å²) in [5, 5.41) is 2.47. The fourth-order valence-corrected chi connectivity index (χ4v) is 0.588. The first-order chi connectivity index (χ1) is 6.20. The van der Waals surface area contributed by atoms with Gasteiger partial charge in [0.25, 0.3) is 0 Å². The van der Waals surface area contributed by atoms with Crippen molar-refractivity contribution in [3.05, 3.63) is 12.2 Å². The molecule has 0 aromatic rings. The van der Waals surface area contributed by atoms with Crippen LogP contribution in [0.15, 0.2) is 12.2 Å². The molecule has 0 aliphatic carbocycles. The zero-order valence-electron chi connectivity index (χ0n) is 7.58. The van der Waals surface area contributed by atoms with Gasteiger partial charge in [-0.1, -0.05) is 0 Å². The number of hydrogen-bond donors (Lipinski definition) is 2. The highest BCUT2D eigenvalue weighted by molar-refractivity contribution is 5.94. The minimum atomic E-state index is -0.523. The zero-order valence-corrected chi connectivity index (χ0v) is 7.58. The first-order valence-electron chi connectivity index (χ1n) is 4.03. The third-order valence-corrected chi connectivity index (χ3v) is 1.10. The molecule has 74 valence electrons. The molecule has 1 amide bonds. The Labute approximate surface area is 76.9 Å². The Morgan fingerprint density at radius 1 is 1.46 bits per heavy atom. The molecular weight excluding hydrogens is 172 g/mol. The van der Waals surface area contributed by atoms with Gasteiger partial charge in [-0.15, -0.1) is 0 Å². The molecule has 0 fully saturated rings. The number of carbonyl (C=O) groups excluding carboxylic acids is 2. The van der Waals surface area contributed by atoms with E-state index in [1.165, 1.54) is 0 Å². The minimum Gasteiger partial charge on any atom is -0.463 e. The number of amides is 1. The molecule has 0 aromatic carbocycles. The fraction of sp³-hybridized carbons (Fsp3) is 0.500. The number of nitrogens with one attached hydrogen (secondary N) is 1. The van der Waals surface area contributed by atoms with Gasteiger partial charge in [0.05, 0.1) is 6.61 Å². The van der Waals surface area contributed by atoms with E-state index in [0.29, 0.717) is 19.7 Å². The van der Waals surface area contributed by atoms with E-state index in [2.05, 4.69) is 10.1 Å². The summed E-state index contributed by atoms with van der Waals surface area (Å²) >= 11 is 0. The first kappa shape index (κ1) is 11.6. The van der Waals surface area contributed by atoms with Gasteiger partial charge in [0.2, 0.25) is 5.91 Å². The van der Waals surface area contributed by atoms with Crippen LogP contribution < -0.4 is 11.1 Å². The highest BCUT2D eigenvalue weighted by Crippen LogP contribution is 1.80. The summed E-state index contributed by atoms with van der Waals surface area (Å²) < 4.78 is 4.57. The van der Waals surface area contributed by atoms with Gasteiger partial charge in [0, 0.05) is 25.2 Å². The van der Waals surface area contributed by atoms with Gasteiger partial charge in [-0.2, -0.15) is 0 Å². The van der Waals surface area contributed by atoms with Crippen molar-refractivity contribution in [1.29, 1.82) is 0 Å². The van der Waals surface area contributed by atoms with Crippen LogP contribution >= 0.6 is 0 Å². The maximum Gasteiger partial charge on any atom is 0.330 e. The van der Waals surface area contributed by atoms with Crippen LogP contribution in [0.2, 0.25) is 0 Å². The number of carbonyl (C=O) groups is 2. The molecule has 0 saturated carbocycles. The van der Waals surface area contributed by atoms with Crippen LogP contribution in [0.1, 0.15) is 6.92 Å². The lowest BCUT2D eigenvalue weighted by Gasteiger charge is -1.97. The Morgan fingerprint density at radius 2 is 2.15 bits per heavy atom. The van der Waals surface area contributed by atoms with Crippen molar-refractivity contribution in [1.82, 2.24) is 5.32 Å². The second kappa shape index (κ2) is 7.30. The van der Waals surface area contributed by atoms with Crippen LogP contribution in [0.3, 0.4) is 0 Å². The molecule has 0 spiro atoms. The third-order valence-electron chi connectivity index (χ3n) is 1.10. The predicted molar refractivity (Wildman–Crippen MR) is 47.8 cm³/mol. The molecule has 0 atom stereocenters. The number of hydrogen-bond acceptors (Lipinski definition) is 4. The van der Waals surface area contributed by atoms with E-state index in [9.17, 15) is 9.59 Å². The van der Waals surface area contributed by atoms with Gasteiger partial charge in [0.15, 0.2) is 0 Å². The van der Waals surface area contributed by atoms with Crippen molar-refractivity contribution >= 4 is 11.9 Å². The average molecular weight is 186 g/mol. The highest BCUT2D eigenvalue weighted by atomic mass is 16.5. The molecule has 3 N–H and O–H groups in total. The van der Waals surface area contributed by atoms with Gasteiger partial charge in [-0.25, -0.2) is 4.79 Å². The molecule has 0 aliphatic rings. The van der Waals surface area contributed by atoms with Gasteiger partial charge < -0.3 is 15.8 Å². The van der Waals surface area contributed by atoms with E-state index in [4.69, 9.17) is 5.73 Å². The van der Waals surface area contributed by atoms with E-state index in [1.54, 1.807) is 6.92 Å². The standard InChI is InChI=1S/C8H14N2O3/c1-2-13-8(12)4-3-7(11)10-6-5-9/h3-4H,2,5-6,9H2,1H3,(H,10,11)/b4-3+. The lowest BCUT2D eigenvalue weighted by molar-refractivity contribution is -0.137. The summed E-state index contributed by atoms with van der Waals surface area (Å²) in [5.41, 5.74) is 5.15. The number of esters is 1. The summed E-state index contributed by atoms with van der Waals surface area (Å²) in [6, 6.07) is 0. The molecule has 13 heavy (non-hydrogen) atoms. The van der Waals surface area contributed by atoms with Gasteiger partial charge in [0.1, 0.15) is 0 Å². The third kappa shape index (κ3) is 7.02. The van der Waals surface area contributed by atoms with Crippen molar-refractivity contribution in [2.75, 3.05) is 19.7 Å². The van der Waals surface area contributed by atoms with Gasteiger partial charge in [-0.05, 0) is 6.92 Å². The molecule has 0 saturated heterocycles. The SMILES string of the molecule is CCOC(=O)/C=C/C(=O)NCCN.